The zero-order valence-corrected chi connectivity index (χ0v) is 12.8. The van der Waals surface area contributed by atoms with Gasteiger partial charge in [0.05, 0.1) is 0 Å². The molecule has 1 aromatic rings. The highest BCUT2D eigenvalue weighted by Crippen LogP contribution is 2.11. The van der Waals surface area contributed by atoms with Crippen LogP contribution in [0.3, 0.4) is 0 Å². The molecule has 0 heterocycles. The van der Waals surface area contributed by atoms with Crippen LogP contribution in [0.2, 0.25) is 0 Å². The van der Waals surface area contributed by atoms with E-state index in [-0.39, 0.29) is 5.91 Å². The van der Waals surface area contributed by atoms with Crippen molar-refractivity contribution in [2.75, 3.05) is 6.54 Å². The van der Waals surface area contributed by atoms with Crippen LogP contribution < -0.4 is 11.1 Å². The molecule has 112 valence electrons. The van der Waals surface area contributed by atoms with Crippen LogP contribution in [0.15, 0.2) is 24.3 Å². The lowest BCUT2D eigenvalue weighted by Gasteiger charge is -2.12. The monoisotopic (exact) mass is 276 g/mol. The van der Waals surface area contributed by atoms with Gasteiger partial charge in [-0.1, -0.05) is 68.9 Å². The molecule has 1 amide bonds. The molecule has 3 N–H and O–H groups in total. The summed E-state index contributed by atoms with van der Waals surface area (Å²) in [7, 11) is 0. The molecule has 0 fully saturated rings. The van der Waals surface area contributed by atoms with E-state index in [0.29, 0.717) is 0 Å². The van der Waals surface area contributed by atoms with Crippen LogP contribution in [0.1, 0.15) is 62.6 Å². The summed E-state index contributed by atoms with van der Waals surface area (Å²) < 4.78 is 0. The number of unbranched alkanes of at least 4 members (excludes halogenated alkanes) is 5. The number of rotatable bonds is 9. The number of carbonyl (C=O) groups excluding carboxylic acids is 1. The number of carbonyl (C=O) groups is 1. The van der Waals surface area contributed by atoms with Gasteiger partial charge in [0, 0.05) is 6.54 Å². The number of nitrogens with two attached hydrogens (primary N) is 1. The zero-order valence-electron chi connectivity index (χ0n) is 12.8. The SMILES string of the molecule is CCCCCCCCNC(=O)C(N)c1ccc(C)cc1. The molecule has 20 heavy (non-hydrogen) atoms. The first-order valence-corrected chi connectivity index (χ1v) is 7.75. The normalized spacial score (nSPS) is 12.2. The molecule has 0 radical (unpaired) electrons. The predicted octanol–water partition coefficient (Wildman–Crippen LogP) is 3.47. The molecule has 0 aliphatic carbocycles. The van der Waals surface area contributed by atoms with Crippen LogP contribution in [0.4, 0.5) is 0 Å². The van der Waals surface area contributed by atoms with Gasteiger partial charge in [0.1, 0.15) is 6.04 Å². The molecule has 0 saturated heterocycles. The lowest BCUT2D eigenvalue weighted by atomic mass is 10.1. The Kier molecular flexibility index (Phi) is 7.97. The van der Waals surface area contributed by atoms with E-state index in [9.17, 15) is 4.79 Å². The number of benzene rings is 1. The largest absolute Gasteiger partial charge is 0.354 e. The average Bonchev–Trinajstić information content (AvgIpc) is 2.46. The maximum Gasteiger partial charge on any atom is 0.241 e. The van der Waals surface area contributed by atoms with E-state index >= 15 is 0 Å². The van der Waals surface area contributed by atoms with Crippen LogP contribution in [-0.2, 0) is 4.79 Å². The van der Waals surface area contributed by atoms with Crippen molar-refractivity contribution in [2.24, 2.45) is 5.73 Å². The third kappa shape index (κ3) is 6.20. The molecule has 0 saturated carbocycles. The second-order valence-corrected chi connectivity index (χ2v) is 5.45. The highest BCUT2D eigenvalue weighted by Gasteiger charge is 2.14. The summed E-state index contributed by atoms with van der Waals surface area (Å²) in [6.45, 7) is 4.96. The quantitative estimate of drug-likeness (QED) is 0.679. The summed E-state index contributed by atoms with van der Waals surface area (Å²) in [5.41, 5.74) is 8.00. The highest BCUT2D eigenvalue weighted by atomic mass is 16.2. The van der Waals surface area contributed by atoms with E-state index < -0.39 is 6.04 Å². The van der Waals surface area contributed by atoms with Crippen LogP contribution in [0.5, 0.6) is 0 Å². The van der Waals surface area contributed by atoms with Gasteiger partial charge in [0.2, 0.25) is 5.91 Å². The molecule has 0 spiro atoms. The maximum atomic E-state index is 11.9. The molecule has 0 bridgehead atoms. The molecule has 1 atom stereocenters. The second kappa shape index (κ2) is 9.54. The van der Waals surface area contributed by atoms with Crippen molar-refractivity contribution >= 4 is 5.91 Å². The molecule has 0 aromatic heterocycles. The topological polar surface area (TPSA) is 55.1 Å². The number of aryl methyl sites for hydroxylation is 1. The van der Waals surface area contributed by atoms with Gasteiger partial charge in [0.15, 0.2) is 0 Å². The maximum absolute atomic E-state index is 11.9. The van der Waals surface area contributed by atoms with E-state index in [2.05, 4.69) is 12.2 Å². The van der Waals surface area contributed by atoms with Gasteiger partial charge in [-0.15, -0.1) is 0 Å². The van der Waals surface area contributed by atoms with Gasteiger partial charge in [-0.3, -0.25) is 4.79 Å². The molecule has 3 nitrogen and oxygen atoms in total. The van der Waals surface area contributed by atoms with Crippen LogP contribution in [0.25, 0.3) is 0 Å². The first kappa shape index (κ1) is 16.7. The van der Waals surface area contributed by atoms with Crippen LogP contribution >= 0.6 is 0 Å². The Morgan fingerprint density at radius 3 is 2.35 bits per heavy atom. The van der Waals surface area contributed by atoms with E-state index in [0.717, 1.165) is 18.5 Å². The first-order valence-electron chi connectivity index (χ1n) is 7.75. The summed E-state index contributed by atoms with van der Waals surface area (Å²) in [5, 5.41) is 2.92. The standard InChI is InChI=1S/C17H28N2O/c1-3-4-5-6-7-8-13-19-17(20)16(18)15-11-9-14(2)10-12-15/h9-12,16H,3-8,13,18H2,1-2H3,(H,19,20). The van der Waals surface area contributed by atoms with Crippen LogP contribution in [-0.4, -0.2) is 12.5 Å². The van der Waals surface area contributed by atoms with E-state index in [4.69, 9.17) is 5.73 Å². The Hall–Kier alpha value is -1.35. The fourth-order valence-electron chi connectivity index (χ4n) is 2.15. The minimum Gasteiger partial charge on any atom is -0.354 e. The Labute approximate surface area is 122 Å². The summed E-state index contributed by atoms with van der Waals surface area (Å²) in [4.78, 5) is 11.9. The Bertz CT molecular complexity index is 386. The summed E-state index contributed by atoms with van der Waals surface area (Å²) in [6.07, 6.45) is 7.35. The third-order valence-corrected chi connectivity index (χ3v) is 3.55. The van der Waals surface area contributed by atoms with Crippen molar-refractivity contribution in [2.45, 2.75) is 58.4 Å². The molecular formula is C17H28N2O. The Morgan fingerprint density at radius 1 is 1.10 bits per heavy atom. The zero-order chi connectivity index (χ0) is 14.8. The fraction of sp³-hybridized carbons (Fsp3) is 0.588. The van der Waals surface area contributed by atoms with Crippen molar-refractivity contribution in [1.82, 2.24) is 5.32 Å². The number of hydrogen-bond donors (Lipinski definition) is 2. The van der Waals surface area contributed by atoms with Crippen molar-refractivity contribution in [3.05, 3.63) is 35.4 Å². The molecule has 1 rings (SSSR count). The van der Waals surface area contributed by atoms with Gasteiger partial charge in [-0.2, -0.15) is 0 Å². The van der Waals surface area contributed by atoms with Crippen molar-refractivity contribution in [3.8, 4) is 0 Å². The van der Waals surface area contributed by atoms with Gasteiger partial charge in [-0.25, -0.2) is 0 Å². The van der Waals surface area contributed by atoms with E-state index in [1.54, 1.807) is 0 Å². The lowest BCUT2D eigenvalue weighted by Crippen LogP contribution is -2.34. The predicted molar refractivity (Wildman–Crippen MR) is 84.5 cm³/mol. The average molecular weight is 276 g/mol. The lowest BCUT2D eigenvalue weighted by molar-refractivity contribution is -0.122. The fourth-order valence-corrected chi connectivity index (χ4v) is 2.15. The first-order chi connectivity index (χ1) is 9.65. The van der Waals surface area contributed by atoms with Crippen molar-refractivity contribution < 1.29 is 4.79 Å². The number of nitrogens with one attached hydrogen (secondary N) is 1. The smallest absolute Gasteiger partial charge is 0.241 e. The molecular weight excluding hydrogens is 248 g/mol. The van der Waals surface area contributed by atoms with E-state index in [1.807, 2.05) is 31.2 Å². The Morgan fingerprint density at radius 2 is 1.70 bits per heavy atom. The van der Waals surface area contributed by atoms with Crippen molar-refractivity contribution in [3.63, 3.8) is 0 Å². The number of amides is 1. The van der Waals surface area contributed by atoms with Gasteiger partial charge >= 0.3 is 0 Å². The second-order valence-electron chi connectivity index (χ2n) is 5.45. The van der Waals surface area contributed by atoms with Gasteiger partial charge in [-0.05, 0) is 18.9 Å². The van der Waals surface area contributed by atoms with Gasteiger partial charge < -0.3 is 11.1 Å². The minimum absolute atomic E-state index is 0.0811. The third-order valence-electron chi connectivity index (χ3n) is 3.55. The summed E-state index contributed by atoms with van der Waals surface area (Å²) in [5.74, 6) is -0.0811. The molecule has 0 aliphatic heterocycles. The summed E-state index contributed by atoms with van der Waals surface area (Å²) >= 11 is 0. The van der Waals surface area contributed by atoms with Gasteiger partial charge in [0.25, 0.3) is 0 Å². The number of hydrogen-bond acceptors (Lipinski definition) is 2. The molecule has 0 aliphatic rings. The van der Waals surface area contributed by atoms with E-state index in [1.165, 1.54) is 37.7 Å². The summed E-state index contributed by atoms with van der Waals surface area (Å²) in [6, 6.07) is 7.25. The van der Waals surface area contributed by atoms with Crippen LogP contribution in [0, 0.1) is 6.92 Å². The molecule has 1 aromatic carbocycles. The van der Waals surface area contributed by atoms with Crippen molar-refractivity contribution in [1.29, 1.82) is 0 Å². The highest BCUT2D eigenvalue weighted by molar-refractivity contribution is 5.82. The molecule has 1 unspecified atom stereocenters. The molecule has 3 heteroatoms. The Balaban J connectivity index is 2.20. The minimum atomic E-state index is -0.560.